The smallest absolute Gasteiger partial charge is 0.267 e. The third-order valence-electron chi connectivity index (χ3n) is 1.48. The molecule has 1 amide bonds. The maximum absolute atomic E-state index is 12.5. The molecule has 76 valence electrons. The molecule has 1 rings (SSSR count). The summed E-state index contributed by atoms with van der Waals surface area (Å²) in [6.07, 6.45) is -2.83. The van der Waals surface area contributed by atoms with Gasteiger partial charge in [0.25, 0.3) is 12.3 Å². The van der Waals surface area contributed by atoms with Crippen LogP contribution in [0, 0.1) is 0 Å². The molecule has 1 heterocycles. The van der Waals surface area contributed by atoms with Gasteiger partial charge in [-0.15, -0.1) is 0 Å². The second kappa shape index (κ2) is 3.87. The molecule has 14 heavy (non-hydrogen) atoms. The van der Waals surface area contributed by atoms with Crippen LogP contribution in [-0.4, -0.2) is 10.9 Å². The van der Waals surface area contributed by atoms with Gasteiger partial charge in [0.15, 0.2) is 0 Å². The van der Waals surface area contributed by atoms with Crippen LogP contribution >= 0.6 is 15.9 Å². The number of rotatable bonds is 2. The minimum Gasteiger partial charge on any atom is -0.384 e. The molecule has 0 aromatic carbocycles. The first-order valence-electron chi connectivity index (χ1n) is 3.47. The summed E-state index contributed by atoms with van der Waals surface area (Å²) in [5, 5.41) is 0. The number of nitrogens with two attached hydrogens (primary N) is 2. The lowest BCUT2D eigenvalue weighted by molar-refractivity contribution is 0.0979. The molecule has 1 aromatic rings. The zero-order chi connectivity index (χ0) is 10.9. The number of nitrogens with zero attached hydrogens (tertiary/aromatic N) is 1. The van der Waals surface area contributed by atoms with Crippen molar-refractivity contribution in [1.82, 2.24) is 4.98 Å². The Morgan fingerprint density at radius 2 is 2.14 bits per heavy atom. The molecule has 4 nitrogen and oxygen atoms in total. The van der Waals surface area contributed by atoms with Crippen molar-refractivity contribution in [3.8, 4) is 0 Å². The quantitative estimate of drug-likeness (QED) is 0.850. The molecule has 1 aromatic heterocycles. The highest BCUT2D eigenvalue weighted by Gasteiger charge is 2.22. The number of alkyl halides is 2. The summed E-state index contributed by atoms with van der Waals surface area (Å²) in [6.45, 7) is 0. The fourth-order valence-corrected chi connectivity index (χ4v) is 1.53. The Bertz CT molecular complexity index is 383. The summed E-state index contributed by atoms with van der Waals surface area (Å²) >= 11 is 2.86. The van der Waals surface area contributed by atoms with Crippen molar-refractivity contribution < 1.29 is 13.6 Å². The number of amides is 1. The maximum Gasteiger partial charge on any atom is 0.267 e. The lowest BCUT2D eigenvalue weighted by Gasteiger charge is -2.08. The van der Waals surface area contributed by atoms with E-state index in [0.717, 1.165) is 0 Å². The predicted molar refractivity (Wildman–Crippen MR) is 49.8 cm³/mol. The van der Waals surface area contributed by atoms with E-state index in [9.17, 15) is 13.6 Å². The normalized spacial score (nSPS) is 10.6. The molecule has 0 fully saturated rings. The first-order valence-corrected chi connectivity index (χ1v) is 4.26. The number of carbonyl (C=O) groups excluding carboxylic acids is 1. The Hall–Kier alpha value is -1.24. The molecule has 0 saturated carbocycles. The number of carbonyl (C=O) groups is 1. The zero-order valence-electron chi connectivity index (χ0n) is 6.80. The van der Waals surface area contributed by atoms with Gasteiger partial charge in [0, 0.05) is 4.47 Å². The average Bonchev–Trinajstić information content (AvgIpc) is 2.01. The van der Waals surface area contributed by atoms with Crippen LogP contribution in [0.5, 0.6) is 0 Å². The van der Waals surface area contributed by atoms with Crippen molar-refractivity contribution in [2.75, 3.05) is 5.73 Å². The summed E-state index contributed by atoms with van der Waals surface area (Å²) in [4.78, 5) is 14.2. The van der Waals surface area contributed by atoms with Crippen LogP contribution < -0.4 is 11.5 Å². The molecule has 0 aliphatic rings. The van der Waals surface area contributed by atoms with Crippen LogP contribution in [0.2, 0.25) is 0 Å². The Labute approximate surface area is 86.4 Å². The van der Waals surface area contributed by atoms with E-state index in [-0.39, 0.29) is 10.3 Å². The third kappa shape index (κ3) is 1.98. The molecule has 0 atom stereocenters. The lowest BCUT2D eigenvalue weighted by atomic mass is 10.2. The van der Waals surface area contributed by atoms with Gasteiger partial charge >= 0.3 is 0 Å². The number of primary amides is 1. The number of anilines is 1. The monoisotopic (exact) mass is 265 g/mol. The van der Waals surface area contributed by atoms with Crippen molar-refractivity contribution in [3.63, 3.8) is 0 Å². The summed E-state index contributed by atoms with van der Waals surface area (Å²) in [6, 6.07) is 1.19. The van der Waals surface area contributed by atoms with Crippen molar-refractivity contribution in [2.24, 2.45) is 5.73 Å². The van der Waals surface area contributed by atoms with E-state index in [1.807, 2.05) is 0 Å². The van der Waals surface area contributed by atoms with E-state index in [0.29, 0.717) is 0 Å². The van der Waals surface area contributed by atoms with Crippen LogP contribution in [0.15, 0.2) is 10.5 Å². The van der Waals surface area contributed by atoms with Gasteiger partial charge in [-0.3, -0.25) is 4.79 Å². The fourth-order valence-electron chi connectivity index (χ4n) is 0.938. The highest BCUT2D eigenvalue weighted by atomic mass is 79.9. The third-order valence-corrected chi connectivity index (χ3v) is 2.14. The van der Waals surface area contributed by atoms with Crippen LogP contribution in [-0.2, 0) is 0 Å². The van der Waals surface area contributed by atoms with E-state index < -0.39 is 23.6 Å². The second-order valence-electron chi connectivity index (χ2n) is 2.46. The molecule has 0 aliphatic carbocycles. The Kier molecular flexibility index (Phi) is 3.00. The Morgan fingerprint density at radius 3 is 2.57 bits per heavy atom. The Balaban J connectivity index is 3.44. The summed E-state index contributed by atoms with van der Waals surface area (Å²) in [5.41, 5.74) is 9.11. The molecular formula is C7H6BrF2N3O. The summed E-state index contributed by atoms with van der Waals surface area (Å²) in [5.74, 6) is -1.08. The topological polar surface area (TPSA) is 82.0 Å². The summed E-state index contributed by atoms with van der Waals surface area (Å²) < 4.78 is 24.9. The van der Waals surface area contributed by atoms with Crippen molar-refractivity contribution in [1.29, 1.82) is 0 Å². The van der Waals surface area contributed by atoms with Gasteiger partial charge in [-0.25, -0.2) is 13.8 Å². The Morgan fingerprint density at radius 1 is 1.57 bits per heavy atom. The second-order valence-corrected chi connectivity index (χ2v) is 3.31. The van der Waals surface area contributed by atoms with E-state index in [1.54, 1.807) is 0 Å². The van der Waals surface area contributed by atoms with Gasteiger partial charge in [-0.1, -0.05) is 15.9 Å². The molecule has 0 saturated heterocycles. The van der Waals surface area contributed by atoms with Crippen molar-refractivity contribution >= 4 is 27.7 Å². The number of aromatic nitrogens is 1. The van der Waals surface area contributed by atoms with Crippen LogP contribution in [0.3, 0.4) is 0 Å². The van der Waals surface area contributed by atoms with Gasteiger partial charge in [-0.05, 0) is 6.07 Å². The van der Waals surface area contributed by atoms with Gasteiger partial charge in [-0.2, -0.15) is 0 Å². The maximum atomic E-state index is 12.5. The molecule has 0 bridgehead atoms. The van der Waals surface area contributed by atoms with Gasteiger partial charge in [0.05, 0.1) is 5.56 Å². The SMILES string of the molecule is NC(=O)c1nc(N)cc(Br)c1C(F)F. The number of nitrogen functional groups attached to an aromatic ring is 1. The first-order chi connectivity index (χ1) is 6.43. The van der Waals surface area contributed by atoms with Gasteiger partial charge < -0.3 is 11.5 Å². The molecular weight excluding hydrogens is 260 g/mol. The fraction of sp³-hybridized carbons (Fsp3) is 0.143. The van der Waals surface area contributed by atoms with E-state index in [2.05, 4.69) is 20.9 Å². The standard InChI is InChI=1S/C7H6BrF2N3O/c8-2-1-3(11)13-5(7(12)14)4(2)6(9)10/h1,6H,(H2,11,13)(H2,12,14). The molecule has 7 heteroatoms. The zero-order valence-corrected chi connectivity index (χ0v) is 8.38. The highest BCUT2D eigenvalue weighted by molar-refractivity contribution is 9.10. The molecule has 0 radical (unpaired) electrons. The minimum absolute atomic E-state index is 0.0220. The number of pyridine rings is 1. The number of hydrogen-bond donors (Lipinski definition) is 2. The summed E-state index contributed by atoms with van der Waals surface area (Å²) in [7, 11) is 0. The number of halogens is 3. The average molecular weight is 266 g/mol. The van der Waals surface area contributed by atoms with Crippen molar-refractivity contribution in [3.05, 3.63) is 21.8 Å². The van der Waals surface area contributed by atoms with Crippen LogP contribution in [0.25, 0.3) is 0 Å². The van der Waals surface area contributed by atoms with E-state index in [1.165, 1.54) is 6.07 Å². The van der Waals surface area contributed by atoms with Crippen LogP contribution in [0.1, 0.15) is 22.5 Å². The van der Waals surface area contributed by atoms with Gasteiger partial charge in [0.1, 0.15) is 11.5 Å². The minimum atomic E-state index is -2.83. The predicted octanol–water partition coefficient (Wildman–Crippen LogP) is 1.46. The molecule has 0 aliphatic heterocycles. The lowest BCUT2D eigenvalue weighted by Crippen LogP contribution is -2.17. The highest BCUT2D eigenvalue weighted by Crippen LogP contribution is 2.30. The first kappa shape index (κ1) is 10.8. The largest absolute Gasteiger partial charge is 0.384 e. The van der Waals surface area contributed by atoms with E-state index >= 15 is 0 Å². The van der Waals surface area contributed by atoms with Crippen LogP contribution in [0.4, 0.5) is 14.6 Å². The van der Waals surface area contributed by atoms with Crippen molar-refractivity contribution in [2.45, 2.75) is 6.43 Å². The molecule has 0 unspecified atom stereocenters. The van der Waals surface area contributed by atoms with Gasteiger partial charge in [0.2, 0.25) is 0 Å². The number of hydrogen-bond acceptors (Lipinski definition) is 3. The molecule has 0 spiro atoms. The van der Waals surface area contributed by atoms with E-state index in [4.69, 9.17) is 11.5 Å². The molecule has 4 N–H and O–H groups in total.